The second-order valence-electron chi connectivity index (χ2n) is 7.12. The molecule has 2 fully saturated rings. The third-order valence-corrected chi connectivity index (χ3v) is 5.00. The fourth-order valence-corrected chi connectivity index (χ4v) is 3.32. The number of nitrogens with zero attached hydrogens (tertiary/aromatic N) is 2. The van der Waals surface area contributed by atoms with Gasteiger partial charge in [-0.15, -0.1) is 13.0 Å². The molecule has 1 aromatic rings. The smallest absolute Gasteiger partial charge is 0.254 e. The van der Waals surface area contributed by atoms with Crippen LogP contribution in [-0.2, 0) is 4.79 Å². The van der Waals surface area contributed by atoms with Crippen LogP contribution in [0.15, 0.2) is 36.9 Å². The summed E-state index contributed by atoms with van der Waals surface area (Å²) in [4.78, 5) is 28.1. The lowest BCUT2D eigenvalue weighted by Crippen LogP contribution is -2.42. The molecular formula is C22H26N2O3. The number of carbonyl (C=O) groups is 2. The maximum Gasteiger partial charge on any atom is 0.254 e. The van der Waals surface area contributed by atoms with E-state index in [1.165, 1.54) is 0 Å². The second-order valence-corrected chi connectivity index (χ2v) is 7.12. The van der Waals surface area contributed by atoms with E-state index in [1.54, 1.807) is 23.1 Å². The summed E-state index contributed by atoms with van der Waals surface area (Å²) in [5, 5.41) is 0. The van der Waals surface area contributed by atoms with Gasteiger partial charge in [0.25, 0.3) is 5.91 Å². The lowest BCUT2D eigenvalue weighted by Gasteiger charge is -2.32. The van der Waals surface area contributed by atoms with Gasteiger partial charge in [0.05, 0.1) is 6.54 Å². The van der Waals surface area contributed by atoms with Crippen LogP contribution in [0.1, 0.15) is 36.0 Å². The van der Waals surface area contributed by atoms with E-state index in [9.17, 15) is 9.59 Å². The summed E-state index contributed by atoms with van der Waals surface area (Å²) in [5.41, 5.74) is 0.573. The molecule has 1 saturated heterocycles. The summed E-state index contributed by atoms with van der Waals surface area (Å²) >= 11 is 0. The first-order chi connectivity index (χ1) is 13.1. The first kappa shape index (κ1) is 19.0. The first-order valence-corrected chi connectivity index (χ1v) is 9.51. The minimum atomic E-state index is -0.119. The molecule has 1 aliphatic carbocycles. The van der Waals surface area contributed by atoms with Crippen molar-refractivity contribution in [2.45, 2.75) is 31.8 Å². The average molecular weight is 366 g/mol. The molecule has 2 aliphatic rings. The van der Waals surface area contributed by atoms with Gasteiger partial charge in [0.2, 0.25) is 5.91 Å². The zero-order valence-electron chi connectivity index (χ0n) is 15.6. The highest BCUT2D eigenvalue weighted by molar-refractivity contribution is 5.94. The molecule has 0 aromatic heterocycles. The molecule has 0 atom stereocenters. The number of carbonyl (C=O) groups excluding carboxylic acids is 2. The molecule has 0 bridgehead atoms. The largest absolute Gasteiger partial charge is 0.490 e. The number of hydrogen-bond acceptors (Lipinski definition) is 3. The number of ether oxygens (including phenoxy) is 1. The van der Waals surface area contributed by atoms with Gasteiger partial charge in [0.15, 0.2) is 0 Å². The quantitative estimate of drug-likeness (QED) is 0.551. The van der Waals surface area contributed by atoms with Crippen LogP contribution in [0.3, 0.4) is 0 Å². The van der Waals surface area contributed by atoms with Crippen LogP contribution in [0, 0.1) is 18.3 Å². The molecule has 0 radical (unpaired) electrons. The minimum Gasteiger partial charge on any atom is -0.490 e. The molecule has 1 saturated carbocycles. The molecule has 1 aliphatic heterocycles. The third kappa shape index (κ3) is 4.91. The number of benzene rings is 1. The van der Waals surface area contributed by atoms with Crippen LogP contribution in [-0.4, -0.2) is 53.9 Å². The Labute approximate surface area is 161 Å². The molecule has 0 unspecified atom stereocenters. The lowest BCUT2D eigenvalue weighted by atomic mass is 10.1. The van der Waals surface area contributed by atoms with Crippen molar-refractivity contribution in [3.05, 3.63) is 42.5 Å². The van der Waals surface area contributed by atoms with E-state index in [2.05, 4.69) is 12.5 Å². The zero-order valence-corrected chi connectivity index (χ0v) is 15.6. The van der Waals surface area contributed by atoms with E-state index in [1.807, 2.05) is 17.0 Å². The van der Waals surface area contributed by atoms with Crippen LogP contribution < -0.4 is 4.74 Å². The second kappa shape index (κ2) is 8.77. The highest BCUT2D eigenvalue weighted by Gasteiger charge is 2.35. The van der Waals surface area contributed by atoms with E-state index >= 15 is 0 Å². The van der Waals surface area contributed by atoms with Gasteiger partial charge in [-0.3, -0.25) is 9.59 Å². The average Bonchev–Trinajstić information content (AvgIpc) is 3.53. The standard InChI is InChI=1S/C22H26N2O3/c1-3-13-23(14-4-2)21(25)18-7-9-19(10-8-18)27-20-11-15-24(16-12-20)22(26)17-5-6-17/h1,4,7-10,17,20H,2,5-6,11-16H2. The number of hydrogen-bond donors (Lipinski definition) is 0. The minimum absolute atomic E-state index is 0.105. The molecule has 0 N–H and O–H groups in total. The van der Waals surface area contributed by atoms with Crippen molar-refractivity contribution in [2.75, 3.05) is 26.2 Å². The zero-order chi connectivity index (χ0) is 19.2. The van der Waals surface area contributed by atoms with Crippen LogP contribution in [0.2, 0.25) is 0 Å². The van der Waals surface area contributed by atoms with Crippen LogP contribution in [0.4, 0.5) is 0 Å². The lowest BCUT2D eigenvalue weighted by molar-refractivity contribution is -0.134. The first-order valence-electron chi connectivity index (χ1n) is 9.51. The Morgan fingerprint density at radius 1 is 1.22 bits per heavy atom. The van der Waals surface area contributed by atoms with E-state index in [0.717, 1.165) is 44.5 Å². The molecule has 1 aromatic carbocycles. The summed E-state index contributed by atoms with van der Waals surface area (Å²) in [6.45, 7) is 5.85. The van der Waals surface area contributed by atoms with Gasteiger partial charge in [-0.05, 0) is 37.1 Å². The van der Waals surface area contributed by atoms with Crippen LogP contribution >= 0.6 is 0 Å². The Bertz CT molecular complexity index is 723. The Morgan fingerprint density at radius 2 is 1.89 bits per heavy atom. The monoisotopic (exact) mass is 366 g/mol. The molecule has 5 nitrogen and oxygen atoms in total. The molecule has 5 heteroatoms. The van der Waals surface area contributed by atoms with Crippen LogP contribution in [0.5, 0.6) is 5.75 Å². The molecule has 142 valence electrons. The number of amides is 2. The Hall–Kier alpha value is -2.74. The molecule has 0 spiro atoms. The Kier molecular flexibility index (Phi) is 6.18. The van der Waals surface area contributed by atoms with Crippen molar-refractivity contribution in [2.24, 2.45) is 5.92 Å². The Balaban J connectivity index is 1.52. The Morgan fingerprint density at radius 3 is 2.44 bits per heavy atom. The maximum atomic E-state index is 12.5. The molecule has 3 rings (SSSR count). The number of piperidine rings is 1. The predicted octanol–water partition coefficient (Wildman–Crippen LogP) is 2.73. The van der Waals surface area contributed by atoms with Crippen LogP contribution in [0.25, 0.3) is 0 Å². The van der Waals surface area contributed by atoms with Gasteiger partial charge in [-0.1, -0.05) is 12.0 Å². The SMILES string of the molecule is C#CCN(CC=C)C(=O)c1ccc(OC2CCN(C(=O)C3CC3)CC2)cc1. The van der Waals surface area contributed by atoms with Gasteiger partial charge in [0, 0.05) is 44.0 Å². The van der Waals surface area contributed by atoms with E-state index in [0.29, 0.717) is 18.0 Å². The van der Waals surface area contributed by atoms with E-state index < -0.39 is 0 Å². The normalized spacial score (nSPS) is 17.1. The number of likely N-dealkylation sites (tertiary alicyclic amines) is 1. The third-order valence-electron chi connectivity index (χ3n) is 5.00. The topological polar surface area (TPSA) is 49.9 Å². The maximum absolute atomic E-state index is 12.5. The van der Waals surface area contributed by atoms with Crippen molar-refractivity contribution in [3.8, 4) is 18.1 Å². The summed E-state index contributed by atoms with van der Waals surface area (Å²) in [5.74, 6) is 3.71. The highest BCUT2D eigenvalue weighted by atomic mass is 16.5. The molecule has 1 heterocycles. The van der Waals surface area contributed by atoms with Crippen molar-refractivity contribution >= 4 is 11.8 Å². The van der Waals surface area contributed by atoms with Crippen molar-refractivity contribution < 1.29 is 14.3 Å². The van der Waals surface area contributed by atoms with Crippen molar-refractivity contribution in [1.82, 2.24) is 9.80 Å². The van der Waals surface area contributed by atoms with E-state index in [-0.39, 0.29) is 24.5 Å². The van der Waals surface area contributed by atoms with Crippen molar-refractivity contribution in [1.29, 1.82) is 0 Å². The van der Waals surface area contributed by atoms with Crippen molar-refractivity contribution in [3.63, 3.8) is 0 Å². The molecule has 2 amide bonds. The summed E-state index contributed by atoms with van der Waals surface area (Å²) in [6.07, 6.45) is 10.9. The van der Waals surface area contributed by atoms with Gasteiger partial charge >= 0.3 is 0 Å². The number of rotatable bonds is 7. The van der Waals surface area contributed by atoms with Gasteiger partial charge < -0.3 is 14.5 Å². The summed E-state index contributed by atoms with van der Waals surface area (Å²) in [6, 6.07) is 7.15. The molecular weight excluding hydrogens is 340 g/mol. The van der Waals surface area contributed by atoms with Gasteiger partial charge in [-0.2, -0.15) is 0 Å². The fourth-order valence-electron chi connectivity index (χ4n) is 3.32. The number of terminal acetylenes is 1. The fraction of sp³-hybridized carbons (Fsp3) is 0.455. The summed E-state index contributed by atoms with van der Waals surface area (Å²) < 4.78 is 6.04. The van der Waals surface area contributed by atoms with Gasteiger partial charge in [0.1, 0.15) is 11.9 Å². The molecule has 27 heavy (non-hydrogen) atoms. The highest BCUT2D eigenvalue weighted by Crippen LogP contribution is 2.32. The van der Waals surface area contributed by atoms with E-state index in [4.69, 9.17) is 11.2 Å². The predicted molar refractivity (Wildman–Crippen MR) is 104 cm³/mol. The van der Waals surface area contributed by atoms with Gasteiger partial charge in [-0.25, -0.2) is 0 Å². The summed E-state index contributed by atoms with van der Waals surface area (Å²) in [7, 11) is 0.